The van der Waals surface area contributed by atoms with E-state index in [-0.39, 0.29) is 17.5 Å². The molecule has 0 radical (unpaired) electrons. The molecule has 2 amide bonds. The van der Waals surface area contributed by atoms with Gasteiger partial charge in [-0.25, -0.2) is 0 Å². The van der Waals surface area contributed by atoms with E-state index >= 15 is 0 Å². The lowest BCUT2D eigenvalue weighted by atomic mass is 10.2. The summed E-state index contributed by atoms with van der Waals surface area (Å²) in [7, 11) is 0. The van der Waals surface area contributed by atoms with Gasteiger partial charge in [0.25, 0.3) is 11.6 Å². The molecule has 9 nitrogen and oxygen atoms in total. The van der Waals surface area contributed by atoms with Gasteiger partial charge in [0.2, 0.25) is 5.91 Å². The summed E-state index contributed by atoms with van der Waals surface area (Å²) in [4.78, 5) is 36.5. The van der Waals surface area contributed by atoms with Crippen LogP contribution in [0, 0.1) is 10.1 Å². The van der Waals surface area contributed by atoms with Gasteiger partial charge in [0.1, 0.15) is 0 Å². The molecule has 9 heteroatoms. The molecule has 0 aliphatic carbocycles. The number of rotatable bonds is 6. The maximum Gasteiger partial charge on any atom is 0.269 e. The van der Waals surface area contributed by atoms with Gasteiger partial charge in [-0.1, -0.05) is 0 Å². The molecule has 2 aromatic rings. The van der Waals surface area contributed by atoms with E-state index in [1.807, 2.05) is 4.90 Å². The predicted molar refractivity (Wildman–Crippen MR) is 103 cm³/mol. The van der Waals surface area contributed by atoms with Crippen molar-refractivity contribution < 1.29 is 19.2 Å². The van der Waals surface area contributed by atoms with Crippen molar-refractivity contribution in [2.45, 2.75) is 0 Å². The number of ether oxygens (including phenoxy) is 1. The minimum absolute atomic E-state index is 0.0753. The molecule has 0 atom stereocenters. The van der Waals surface area contributed by atoms with Gasteiger partial charge >= 0.3 is 0 Å². The number of benzene rings is 2. The Bertz CT molecular complexity index is 846. The van der Waals surface area contributed by atoms with E-state index in [0.717, 1.165) is 13.1 Å². The summed E-state index contributed by atoms with van der Waals surface area (Å²) in [6.45, 7) is 3.05. The van der Waals surface area contributed by atoms with Gasteiger partial charge in [0.05, 0.1) is 24.7 Å². The molecule has 0 aromatic heterocycles. The van der Waals surface area contributed by atoms with Gasteiger partial charge < -0.3 is 15.4 Å². The molecule has 1 fully saturated rings. The van der Waals surface area contributed by atoms with Crippen LogP contribution in [-0.2, 0) is 9.53 Å². The van der Waals surface area contributed by atoms with Gasteiger partial charge in [-0.05, 0) is 36.4 Å². The highest BCUT2D eigenvalue weighted by Crippen LogP contribution is 2.16. The van der Waals surface area contributed by atoms with Gasteiger partial charge in [-0.3, -0.25) is 24.6 Å². The third-order valence-electron chi connectivity index (χ3n) is 4.24. The normalized spacial score (nSPS) is 14.3. The molecule has 0 saturated carbocycles. The largest absolute Gasteiger partial charge is 0.379 e. The molecule has 1 aliphatic heterocycles. The lowest BCUT2D eigenvalue weighted by Gasteiger charge is -2.25. The minimum atomic E-state index is -0.520. The first-order chi connectivity index (χ1) is 13.5. The van der Waals surface area contributed by atoms with Crippen molar-refractivity contribution in [1.29, 1.82) is 0 Å². The summed E-state index contributed by atoms with van der Waals surface area (Å²) >= 11 is 0. The van der Waals surface area contributed by atoms with Crippen molar-refractivity contribution >= 4 is 28.9 Å². The lowest BCUT2D eigenvalue weighted by molar-refractivity contribution is -0.384. The van der Waals surface area contributed by atoms with Crippen LogP contribution < -0.4 is 10.6 Å². The number of carbonyl (C=O) groups excluding carboxylic acids is 2. The minimum Gasteiger partial charge on any atom is -0.379 e. The van der Waals surface area contributed by atoms with Gasteiger partial charge in [0, 0.05) is 42.2 Å². The zero-order valence-corrected chi connectivity index (χ0v) is 15.1. The van der Waals surface area contributed by atoms with Crippen molar-refractivity contribution in [3.63, 3.8) is 0 Å². The molecular weight excluding hydrogens is 364 g/mol. The highest BCUT2D eigenvalue weighted by atomic mass is 16.6. The predicted octanol–water partition coefficient (Wildman–Crippen LogP) is 2.12. The molecule has 3 rings (SSSR count). The molecule has 146 valence electrons. The van der Waals surface area contributed by atoms with Crippen molar-refractivity contribution in [3.05, 3.63) is 64.2 Å². The molecule has 0 spiro atoms. The Morgan fingerprint density at radius 1 is 0.964 bits per heavy atom. The van der Waals surface area contributed by atoms with Crippen LogP contribution >= 0.6 is 0 Å². The number of amides is 2. The van der Waals surface area contributed by atoms with Crippen LogP contribution in [0.15, 0.2) is 48.5 Å². The summed E-state index contributed by atoms with van der Waals surface area (Å²) in [5.74, 6) is -0.483. The fourth-order valence-corrected chi connectivity index (χ4v) is 2.74. The number of carbonyl (C=O) groups is 2. The third kappa shape index (κ3) is 5.35. The van der Waals surface area contributed by atoms with Gasteiger partial charge in [0.15, 0.2) is 0 Å². The van der Waals surface area contributed by atoms with E-state index in [0.29, 0.717) is 36.7 Å². The summed E-state index contributed by atoms with van der Waals surface area (Å²) in [6.07, 6.45) is 0. The standard InChI is InChI=1S/C19H20N4O5/c24-18(13-22-9-11-28-12-10-22)20-15-3-5-16(6-4-15)21-19(25)14-1-7-17(8-2-14)23(26)27/h1-8H,9-13H2,(H,20,24)(H,21,25). The van der Waals surface area contributed by atoms with Crippen LogP contribution in [0.25, 0.3) is 0 Å². The van der Waals surface area contributed by atoms with E-state index in [1.54, 1.807) is 24.3 Å². The zero-order chi connectivity index (χ0) is 19.9. The number of morpholine rings is 1. The number of nitro benzene ring substituents is 1. The topological polar surface area (TPSA) is 114 Å². The van der Waals surface area contributed by atoms with Crippen LogP contribution in [0.3, 0.4) is 0 Å². The molecule has 1 saturated heterocycles. The van der Waals surface area contributed by atoms with E-state index in [9.17, 15) is 19.7 Å². The molecule has 28 heavy (non-hydrogen) atoms. The Balaban J connectivity index is 1.52. The van der Waals surface area contributed by atoms with Gasteiger partial charge in [-0.2, -0.15) is 0 Å². The highest BCUT2D eigenvalue weighted by Gasteiger charge is 2.14. The number of hydrogen-bond acceptors (Lipinski definition) is 6. The smallest absolute Gasteiger partial charge is 0.269 e. The van der Waals surface area contributed by atoms with Crippen molar-refractivity contribution in [3.8, 4) is 0 Å². The first kappa shape index (κ1) is 19.5. The Hall–Kier alpha value is -3.30. The van der Waals surface area contributed by atoms with Crippen LogP contribution in [0.5, 0.6) is 0 Å². The maximum atomic E-state index is 12.2. The maximum absolute atomic E-state index is 12.2. The number of nitrogens with one attached hydrogen (secondary N) is 2. The Labute approximate surface area is 161 Å². The van der Waals surface area contributed by atoms with Crippen molar-refractivity contribution in [2.75, 3.05) is 43.5 Å². The average Bonchev–Trinajstić information content (AvgIpc) is 2.70. The lowest BCUT2D eigenvalue weighted by Crippen LogP contribution is -2.41. The van der Waals surface area contributed by atoms with Crippen LogP contribution in [-0.4, -0.2) is 54.5 Å². The quantitative estimate of drug-likeness (QED) is 0.582. The average molecular weight is 384 g/mol. The summed E-state index contributed by atoms with van der Waals surface area (Å²) in [5, 5.41) is 16.2. The van der Waals surface area contributed by atoms with E-state index in [2.05, 4.69) is 10.6 Å². The van der Waals surface area contributed by atoms with Crippen molar-refractivity contribution in [1.82, 2.24) is 4.90 Å². The van der Waals surface area contributed by atoms with Crippen molar-refractivity contribution in [2.24, 2.45) is 0 Å². The van der Waals surface area contributed by atoms with Crippen LogP contribution in [0.1, 0.15) is 10.4 Å². The summed E-state index contributed by atoms with van der Waals surface area (Å²) < 4.78 is 5.25. The number of non-ortho nitro benzene ring substituents is 1. The number of hydrogen-bond donors (Lipinski definition) is 2. The summed E-state index contributed by atoms with van der Waals surface area (Å²) in [6, 6.07) is 12.1. The number of anilines is 2. The molecule has 1 heterocycles. The highest BCUT2D eigenvalue weighted by molar-refractivity contribution is 6.04. The molecular formula is C19H20N4O5. The second-order valence-electron chi connectivity index (χ2n) is 6.27. The van der Waals surface area contributed by atoms with Crippen LogP contribution in [0.4, 0.5) is 17.1 Å². The molecule has 2 N–H and O–H groups in total. The fraction of sp³-hybridized carbons (Fsp3) is 0.263. The SMILES string of the molecule is O=C(CN1CCOCC1)Nc1ccc(NC(=O)c2ccc([N+](=O)[O-])cc2)cc1. The Kier molecular flexibility index (Phi) is 6.30. The van der Waals surface area contributed by atoms with Gasteiger partial charge in [-0.15, -0.1) is 0 Å². The summed E-state index contributed by atoms with van der Waals surface area (Å²) in [5.41, 5.74) is 1.42. The number of nitro groups is 1. The first-order valence-electron chi connectivity index (χ1n) is 8.77. The van der Waals surface area contributed by atoms with E-state index < -0.39 is 4.92 Å². The molecule has 0 unspecified atom stereocenters. The van der Waals surface area contributed by atoms with E-state index in [4.69, 9.17) is 4.74 Å². The third-order valence-corrected chi connectivity index (χ3v) is 4.24. The first-order valence-corrected chi connectivity index (χ1v) is 8.77. The van der Waals surface area contributed by atoms with E-state index in [1.165, 1.54) is 24.3 Å². The zero-order valence-electron chi connectivity index (χ0n) is 15.1. The monoisotopic (exact) mass is 384 g/mol. The Morgan fingerprint density at radius 3 is 2.11 bits per heavy atom. The van der Waals surface area contributed by atoms with Crippen LogP contribution in [0.2, 0.25) is 0 Å². The molecule has 1 aliphatic rings. The number of nitrogens with zero attached hydrogens (tertiary/aromatic N) is 2. The molecule has 0 bridgehead atoms. The second kappa shape index (κ2) is 9.07. The Morgan fingerprint density at radius 2 is 1.54 bits per heavy atom. The fourth-order valence-electron chi connectivity index (χ4n) is 2.74. The second-order valence-corrected chi connectivity index (χ2v) is 6.27. The molecule has 2 aromatic carbocycles.